The Hall–Kier alpha value is -2.43. The van der Waals surface area contributed by atoms with Gasteiger partial charge in [0.1, 0.15) is 11.6 Å². The largest absolute Gasteiger partial charge is 0.493 e. The highest BCUT2D eigenvalue weighted by Gasteiger charge is 2.38. The molecular formula is C27H36F2O3. The molecule has 3 nitrogen and oxygen atoms in total. The number of carboxylic acid groups (broad SMARTS) is 1. The maximum Gasteiger partial charge on any atom is 0.365 e. The third-order valence-electron chi connectivity index (χ3n) is 6.40. The van der Waals surface area contributed by atoms with E-state index in [9.17, 15) is 9.18 Å². The lowest BCUT2D eigenvalue weighted by Gasteiger charge is -2.42. The normalized spacial score (nSPS) is 18.7. The van der Waals surface area contributed by atoms with Crippen LogP contribution in [0.25, 0.3) is 5.57 Å². The molecule has 176 valence electrons. The van der Waals surface area contributed by atoms with Crippen molar-refractivity contribution >= 4 is 11.5 Å². The Kier molecular flexibility index (Phi) is 8.08. The summed E-state index contributed by atoms with van der Waals surface area (Å²) in [5, 5.41) is 8.78. The van der Waals surface area contributed by atoms with Crippen LogP contribution < -0.4 is 4.74 Å². The van der Waals surface area contributed by atoms with Gasteiger partial charge in [0.25, 0.3) is 0 Å². The molecule has 0 aromatic heterocycles. The van der Waals surface area contributed by atoms with Crippen molar-refractivity contribution < 1.29 is 23.4 Å². The van der Waals surface area contributed by atoms with Crippen molar-refractivity contribution in [3.63, 3.8) is 0 Å². The zero-order valence-electron chi connectivity index (χ0n) is 20.4. The summed E-state index contributed by atoms with van der Waals surface area (Å²) < 4.78 is 35.0. The maximum absolute atomic E-state index is 15.3. The van der Waals surface area contributed by atoms with Crippen LogP contribution in [0.1, 0.15) is 90.8 Å². The van der Waals surface area contributed by atoms with Crippen molar-refractivity contribution in [3.05, 3.63) is 58.2 Å². The van der Waals surface area contributed by atoms with Crippen molar-refractivity contribution in [2.24, 2.45) is 0 Å². The van der Waals surface area contributed by atoms with Gasteiger partial charge in [0.05, 0.1) is 6.61 Å². The van der Waals surface area contributed by atoms with Crippen LogP contribution in [0, 0.1) is 0 Å². The number of carboxylic acids is 1. The van der Waals surface area contributed by atoms with E-state index in [0.29, 0.717) is 29.9 Å². The second kappa shape index (κ2) is 10.0. The van der Waals surface area contributed by atoms with Crippen molar-refractivity contribution in [1.29, 1.82) is 0 Å². The summed E-state index contributed by atoms with van der Waals surface area (Å²) in [6.07, 6.45) is 5.63. The Morgan fingerprint density at radius 1 is 1.06 bits per heavy atom. The minimum Gasteiger partial charge on any atom is -0.493 e. The fourth-order valence-electron chi connectivity index (χ4n) is 4.19. The van der Waals surface area contributed by atoms with Crippen LogP contribution in [0.15, 0.2) is 41.5 Å². The molecule has 0 saturated carbocycles. The van der Waals surface area contributed by atoms with E-state index in [0.717, 1.165) is 31.4 Å². The molecule has 32 heavy (non-hydrogen) atoms. The third kappa shape index (κ3) is 5.48. The van der Waals surface area contributed by atoms with Gasteiger partial charge in [0.2, 0.25) is 5.83 Å². The number of rotatable bonds is 8. The molecule has 0 spiro atoms. The molecule has 0 bridgehead atoms. The highest BCUT2D eigenvalue weighted by atomic mass is 19.1. The number of halogens is 2. The summed E-state index contributed by atoms with van der Waals surface area (Å²) in [5.74, 6) is -2.83. The Morgan fingerprint density at radius 3 is 2.12 bits per heavy atom. The van der Waals surface area contributed by atoms with E-state index < -0.39 is 17.6 Å². The van der Waals surface area contributed by atoms with E-state index in [-0.39, 0.29) is 16.4 Å². The summed E-state index contributed by atoms with van der Waals surface area (Å²) in [7, 11) is 0. The van der Waals surface area contributed by atoms with Crippen molar-refractivity contribution in [3.8, 4) is 5.75 Å². The Balaban J connectivity index is 2.70. The topological polar surface area (TPSA) is 46.5 Å². The predicted molar refractivity (Wildman–Crippen MR) is 126 cm³/mol. The Morgan fingerprint density at radius 2 is 1.62 bits per heavy atom. The summed E-state index contributed by atoms with van der Waals surface area (Å²) in [4.78, 5) is 10.8. The first kappa shape index (κ1) is 25.8. The monoisotopic (exact) mass is 446 g/mol. The number of benzene rings is 1. The molecule has 0 aliphatic heterocycles. The molecule has 0 atom stereocenters. The molecule has 2 rings (SSSR count). The van der Waals surface area contributed by atoms with E-state index in [1.807, 2.05) is 13.8 Å². The maximum atomic E-state index is 15.3. The van der Waals surface area contributed by atoms with E-state index in [2.05, 4.69) is 39.8 Å². The van der Waals surface area contributed by atoms with Gasteiger partial charge in [0, 0.05) is 5.56 Å². The quantitative estimate of drug-likeness (QED) is 0.327. The average molecular weight is 447 g/mol. The van der Waals surface area contributed by atoms with Crippen molar-refractivity contribution in [2.75, 3.05) is 6.61 Å². The molecule has 0 heterocycles. The smallest absolute Gasteiger partial charge is 0.365 e. The van der Waals surface area contributed by atoms with Crippen LogP contribution in [0.4, 0.5) is 8.78 Å². The molecule has 5 heteroatoms. The first-order chi connectivity index (χ1) is 14.9. The molecule has 0 fully saturated rings. The SMILES string of the molecule is CCCOc1cc2c(cc1\C(CC)=C(F)/C=C/C(C)=C(/F)C(=O)O)C(C)(C)CCC2(C)C. The van der Waals surface area contributed by atoms with E-state index in [1.165, 1.54) is 18.1 Å². The molecule has 1 aromatic carbocycles. The van der Waals surface area contributed by atoms with Crippen LogP contribution >= 0.6 is 0 Å². The molecule has 0 unspecified atom stereocenters. The molecule has 0 radical (unpaired) electrons. The number of hydrogen-bond donors (Lipinski definition) is 1. The van der Waals surface area contributed by atoms with Crippen LogP contribution in [0.5, 0.6) is 5.75 Å². The Bertz CT molecular complexity index is 965. The van der Waals surface area contributed by atoms with Crippen LogP contribution in [0.2, 0.25) is 0 Å². The van der Waals surface area contributed by atoms with Gasteiger partial charge in [-0.3, -0.25) is 0 Å². The van der Waals surface area contributed by atoms with Gasteiger partial charge in [-0.1, -0.05) is 47.6 Å². The van der Waals surface area contributed by atoms with Crippen LogP contribution in [-0.4, -0.2) is 17.7 Å². The molecule has 1 N–H and O–H groups in total. The average Bonchev–Trinajstić information content (AvgIpc) is 2.73. The molecule has 0 saturated heterocycles. The van der Waals surface area contributed by atoms with E-state index in [1.54, 1.807) is 0 Å². The zero-order valence-corrected chi connectivity index (χ0v) is 20.4. The minimum absolute atomic E-state index is 0.00147. The molecular weight excluding hydrogens is 410 g/mol. The first-order valence-corrected chi connectivity index (χ1v) is 11.3. The molecule has 1 aromatic rings. The van der Waals surface area contributed by atoms with Crippen molar-refractivity contribution in [2.45, 2.75) is 85.0 Å². The van der Waals surface area contributed by atoms with Gasteiger partial charge in [-0.25, -0.2) is 9.18 Å². The van der Waals surface area contributed by atoms with Gasteiger partial charge in [0.15, 0.2) is 0 Å². The number of carbonyl (C=O) groups is 1. The summed E-state index contributed by atoms with van der Waals surface area (Å²) in [6.45, 7) is 14.6. The Labute approximate surface area is 190 Å². The lowest BCUT2D eigenvalue weighted by molar-refractivity contribution is -0.134. The van der Waals surface area contributed by atoms with E-state index in [4.69, 9.17) is 9.84 Å². The number of allylic oxidation sites excluding steroid dienone is 5. The van der Waals surface area contributed by atoms with Gasteiger partial charge in [-0.05, 0) is 83.9 Å². The lowest BCUT2D eigenvalue weighted by atomic mass is 9.62. The predicted octanol–water partition coefficient (Wildman–Crippen LogP) is 7.80. The van der Waals surface area contributed by atoms with Crippen LogP contribution in [-0.2, 0) is 15.6 Å². The van der Waals surface area contributed by atoms with E-state index >= 15 is 4.39 Å². The molecule has 1 aliphatic carbocycles. The number of hydrogen-bond acceptors (Lipinski definition) is 2. The van der Waals surface area contributed by atoms with Crippen LogP contribution in [0.3, 0.4) is 0 Å². The highest BCUT2D eigenvalue weighted by Crippen LogP contribution is 2.49. The third-order valence-corrected chi connectivity index (χ3v) is 6.40. The summed E-state index contributed by atoms with van der Waals surface area (Å²) in [6, 6.07) is 4.14. The van der Waals surface area contributed by atoms with Gasteiger partial charge < -0.3 is 9.84 Å². The van der Waals surface area contributed by atoms with Gasteiger partial charge in [-0.15, -0.1) is 0 Å². The first-order valence-electron chi connectivity index (χ1n) is 11.3. The number of ether oxygens (including phenoxy) is 1. The second-order valence-electron chi connectivity index (χ2n) is 9.83. The number of fused-ring (bicyclic) bond motifs is 1. The summed E-state index contributed by atoms with van der Waals surface area (Å²) >= 11 is 0. The van der Waals surface area contributed by atoms with Gasteiger partial charge in [-0.2, -0.15) is 4.39 Å². The highest BCUT2D eigenvalue weighted by molar-refractivity contribution is 5.85. The fourth-order valence-corrected chi connectivity index (χ4v) is 4.19. The molecule has 0 amide bonds. The summed E-state index contributed by atoms with van der Waals surface area (Å²) in [5.41, 5.74) is 3.40. The minimum atomic E-state index is -1.66. The fraction of sp³-hybridized carbons (Fsp3) is 0.519. The number of aliphatic carboxylic acids is 1. The van der Waals surface area contributed by atoms with Crippen molar-refractivity contribution in [1.82, 2.24) is 0 Å². The second-order valence-corrected chi connectivity index (χ2v) is 9.83. The lowest BCUT2D eigenvalue weighted by Crippen LogP contribution is -2.34. The van der Waals surface area contributed by atoms with Gasteiger partial charge >= 0.3 is 5.97 Å². The zero-order chi connectivity index (χ0) is 24.3. The molecule has 1 aliphatic rings. The standard InChI is InChI=1S/C27H36F2O3/c1-8-14-32-23-16-21-20(26(4,5)12-13-27(21,6)7)15-19(23)18(9-2)22(28)11-10-17(3)24(29)25(30)31/h10-11,15-16H,8-9,12-14H2,1-7H3,(H,30,31)/b11-10+,22-18+,24-17+.